The molecule has 12 N–H and O–H groups in total. The summed E-state index contributed by atoms with van der Waals surface area (Å²) in [7, 11) is 0. The number of aliphatic imine (C=N–C) groups is 1. The Morgan fingerprint density at radius 1 is 1.03 bits per heavy atom. The summed E-state index contributed by atoms with van der Waals surface area (Å²) < 4.78 is 0. The molecule has 0 spiro atoms. The van der Waals surface area contributed by atoms with Crippen LogP contribution in [0.1, 0.15) is 25.3 Å². The van der Waals surface area contributed by atoms with Gasteiger partial charge >= 0.3 is 5.97 Å². The van der Waals surface area contributed by atoms with Crippen LogP contribution in [0.15, 0.2) is 29.3 Å². The minimum absolute atomic E-state index is 0.0155. The molecule has 0 aliphatic heterocycles. The van der Waals surface area contributed by atoms with Crippen molar-refractivity contribution in [2.75, 3.05) is 13.1 Å². The van der Waals surface area contributed by atoms with Crippen molar-refractivity contribution >= 4 is 29.7 Å². The molecule has 14 nitrogen and oxygen atoms in total. The van der Waals surface area contributed by atoms with E-state index in [0.29, 0.717) is 12.0 Å². The number of nitrogens with two attached hydrogens (primary N) is 3. The van der Waals surface area contributed by atoms with Gasteiger partial charge in [0.2, 0.25) is 17.7 Å². The Labute approximate surface area is 201 Å². The van der Waals surface area contributed by atoms with Crippen LogP contribution in [0.2, 0.25) is 0 Å². The molecule has 0 radical (unpaired) electrons. The predicted molar refractivity (Wildman–Crippen MR) is 126 cm³/mol. The van der Waals surface area contributed by atoms with Gasteiger partial charge in [-0.1, -0.05) is 12.1 Å². The highest BCUT2D eigenvalue weighted by Gasteiger charge is 2.26. The third kappa shape index (κ3) is 11.2. The number of carboxylic acid groups (broad SMARTS) is 1. The molecule has 0 heterocycles. The highest BCUT2D eigenvalue weighted by atomic mass is 16.4. The fourth-order valence-electron chi connectivity index (χ4n) is 2.86. The zero-order chi connectivity index (χ0) is 26.5. The smallest absolute Gasteiger partial charge is 0.326 e. The molecule has 35 heavy (non-hydrogen) atoms. The van der Waals surface area contributed by atoms with Crippen molar-refractivity contribution in [1.82, 2.24) is 16.0 Å². The Bertz CT molecular complexity index is 902. The summed E-state index contributed by atoms with van der Waals surface area (Å²) in [6, 6.07) is 2.16. The van der Waals surface area contributed by atoms with E-state index in [4.69, 9.17) is 17.2 Å². The average molecular weight is 496 g/mol. The number of rotatable bonds is 14. The molecule has 0 saturated carbocycles. The lowest BCUT2D eigenvalue weighted by atomic mass is 10.1. The number of carbonyl (C=O) groups excluding carboxylic acids is 3. The Hall–Kier alpha value is -3.91. The third-order valence-corrected chi connectivity index (χ3v) is 4.83. The van der Waals surface area contributed by atoms with Crippen LogP contribution in [-0.4, -0.2) is 82.3 Å². The summed E-state index contributed by atoms with van der Waals surface area (Å²) in [6.07, 6.45) is -0.801. The lowest BCUT2D eigenvalue weighted by molar-refractivity contribution is -0.141. The van der Waals surface area contributed by atoms with E-state index in [1.807, 2.05) is 0 Å². The van der Waals surface area contributed by atoms with Gasteiger partial charge in [-0.2, -0.15) is 0 Å². The number of hydrogen-bond acceptors (Lipinski definition) is 8. The molecule has 1 rings (SSSR count). The Morgan fingerprint density at radius 2 is 1.66 bits per heavy atom. The molecule has 0 saturated heterocycles. The number of phenolic OH excluding ortho intramolecular Hbond substituents is 1. The second-order valence-corrected chi connectivity index (χ2v) is 7.82. The highest BCUT2D eigenvalue weighted by Crippen LogP contribution is 2.11. The monoisotopic (exact) mass is 495 g/mol. The van der Waals surface area contributed by atoms with E-state index < -0.39 is 54.5 Å². The van der Waals surface area contributed by atoms with Crippen molar-refractivity contribution in [1.29, 1.82) is 0 Å². The summed E-state index contributed by atoms with van der Waals surface area (Å²) in [5.41, 5.74) is 16.7. The van der Waals surface area contributed by atoms with Crippen LogP contribution in [-0.2, 0) is 25.6 Å². The zero-order valence-corrected chi connectivity index (χ0v) is 19.3. The maximum absolute atomic E-state index is 12.6. The summed E-state index contributed by atoms with van der Waals surface area (Å²) >= 11 is 0. The van der Waals surface area contributed by atoms with Gasteiger partial charge in [0.05, 0.1) is 12.6 Å². The summed E-state index contributed by atoms with van der Waals surface area (Å²) in [5, 5.41) is 35.3. The fourth-order valence-corrected chi connectivity index (χ4v) is 2.86. The number of guanidine groups is 1. The molecular weight excluding hydrogens is 462 g/mol. The van der Waals surface area contributed by atoms with Gasteiger partial charge in [0.1, 0.15) is 23.9 Å². The largest absolute Gasteiger partial charge is 0.508 e. The number of benzene rings is 1. The van der Waals surface area contributed by atoms with E-state index in [2.05, 4.69) is 20.9 Å². The van der Waals surface area contributed by atoms with Crippen LogP contribution < -0.4 is 33.2 Å². The number of carbonyl (C=O) groups is 4. The highest BCUT2D eigenvalue weighted by molar-refractivity contribution is 5.92. The third-order valence-electron chi connectivity index (χ3n) is 4.83. The molecule has 0 bridgehead atoms. The van der Waals surface area contributed by atoms with Crippen LogP contribution in [0.3, 0.4) is 0 Å². The summed E-state index contributed by atoms with van der Waals surface area (Å²) in [6.45, 7) is 0.947. The minimum atomic E-state index is -1.28. The quantitative estimate of drug-likeness (QED) is 0.0712. The molecule has 3 amide bonds. The van der Waals surface area contributed by atoms with Crippen LogP contribution in [0, 0.1) is 0 Å². The van der Waals surface area contributed by atoms with Gasteiger partial charge in [0, 0.05) is 13.0 Å². The first-order valence-electron chi connectivity index (χ1n) is 10.8. The molecule has 4 atom stereocenters. The number of aliphatic carboxylic acids is 1. The van der Waals surface area contributed by atoms with Gasteiger partial charge < -0.3 is 48.5 Å². The van der Waals surface area contributed by atoms with Crippen molar-refractivity contribution in [2.45, 2.75) is 50.4 Å². The predicted octanol–water partition coefficient (Wildman–Crippen LogP) is -3.13. The Kier molecular flexibility index (Phi) is 12.0. The molecular formula is C21H33N7O7. The van der Waals surface area contributed by atoms with E-state index >= 15 is 0 Å². The normalized spacial score (nSPS) is 14.0. The van der Waals surface area contributed by atoms with Gasteiger partial charge in [0.15, 0.2) is 5.96 Å². The van der Waals surface area contributed by atoms with Crippen molar-refractivity contribution in [3.8, 4) is 5.75 Å². The van der Waals surface area contributed by atoms with Gasteiger partial charge in [-0.15, -0.1) is 0 Å². The second kappa shape index (κ2) is 14.4. The molecule has 194 valence electrons. The molecule has 0 aliphatic carbocycles. The van der Waals surface area contributed by atoms with Gasteiger partial charge in [0.25, 0.3) is 0 Å². The molecule has 4 unspecified atom stereocenters. The van der Waals surface area contributed by atoms with Crippen molar-refractivity contribution in [3.05, 3.63) is 29.8 Å². The van der Waals surface area contributed by atoms with Crippen LogP contribution in [0.5, 0.6) is 5.75 Å². The number of amides is 3. The van der Waals surface area contributed by atoms with Crippen LogP contribution >= 0.6 is 0 Å². The van der Waals surface area contributed by atoms with E-state index in [9.17, 15) is 34.5 Å². The molecule has 0 aromatic heterocycles. The zero-order valence-electron chi connectivity index (χ0n) is 19.3. The summed E-state index contributed by atoms with van der Waals surface area (Å²) in [4.78, 5) is 52.4. The number of aromatic hydroxyl groups is 1. The first kappa shape index (κ1) is 29.1. The number of nitrogens with one attached hydrogen (secondary N) is 3. The topological polar surface area (TPSA) is 255 Å². The van der Waals surface area contributed by atoms with E-state index in [1.54, 1.807) is 0 Å². The summed E-state index contributed by atoms with van der Waals surface area (Å²) in [5.74, 6) is -3.66. The van der Waals surface area contributed by atoms with Gasteiger partial charge in [-0.3, -0.25) is 19.4 Å². The maximum Gasteiger partial charge on any atom is 0.326 e. The average Bonchev–Trinajstić information content (AvgIpc) is 2.79. The van der Waals surface area contributed by atoms with Crippen molar-refractivity contribution in [2.24, 2.45) is 22.2 Å². The standard InChI is InChI=1S/C21H33N7O7/c1-11(29)17(22)19(33)28-14(3-2-8-25-21(23)24)18(32)26-10-16(31)27-15(20(34)35)9-12-4-6-13(30)7-5-12/h4-7,11,14-15,17,29-30H,2-3,8-10,22H2,1H3,(H,26,32)(H,27,31)(H,28,33)(H,34,35)(H4,23,24,25). The van der Waals surface area contributed by atoms with E-state index in [-0.39, 0.29) is 31.1 Å². The number of aliphatic hydroxyl groups is 1. The molecule has 1 aromatic rings. The van der Waals surface area contributed by atoms with Gasteiger partial charge in [-0.25, -0.2) is 4.79 Å². The Balaban J connectivity index is 2.73. The number of phenols is 1. The van der Waals surface area contributed by atoms with Crippen LogP contribution in [0.25, 0.3) is 0 Å². The number of carboxylic acids is 1. The lowest BCUT2D eigenvalue weighted by Gasteiger charge is -2.22. The molecule has 0 aliphatic rings. The lowest BCUT2D eigenvalue weighted by Crippen LogP contribution is -2.55. The number of aliphatic hydroxyl groups excluding tert-OH is 1. The number of hydrogen-bond donors (Lipinski definition) is 9. The number of nitrogens with zero attached hydrogens (tertiary/aromatic N) is 1. The second-order valence-electron chi connectivity index (χ2n) is 7.82. The molecule has 0 fully saturated rings. The van der Waals surface area contributed by atoms with Crippen LogP contribution in [0.4, 0.5) is 0 Å². The van der Waals surface area contributed by atoms with Gasteiger partial charge in [-0.05, 0) is 37.5 Å². The fraction of sp³-hybridized carbons (Fsp3) is 0.476. The van der Waals surface area contributed by atoms with Crippen molar-refractivity contribution < 1.29 is 34.5 Å². The molecule has 14 heteroatoms. The molecule has 1 aromatic carbocycles. The Morgan fingerprint density at radius 3 is 2.20 bits per heavy atom. The van der Waals surface area contributed by atoms with E-state index in [0.717, 1.165) is 0 Å². The van der Waals surface area contributed by atoms with E-state index in [1.165, 1.54) is 31.2 Å². The first-order valence-corrected chi connectivity index (χ1v) is 10.8. The first-order chi connectivity index (χ1) is 16.4. The minimum Gasteiger partial charge on any atom is -0.508 e. The maximum atomic E-state index is 12.6. The SMILES string of the molecule is CC(O)C(N)C(=O)NC(CCCN=C(N)N)C(=O)NCC(=O)NC(Cc1ccc(O)cc1)C(=O)O. The van der Waals surface area contributed by atoms with Crippen molar-refractivity contribution in [3.63, 3.8) is 0 Å².